The number of benzene rings is 1. The minimum Gasteiger partial charge on any atom is -0.478 e. The summed E-state index contributed by atoms with van der Waals surface area (Å²) in [4.78, 5) is 16.2. The maximum atomic E-state index is 13.1. The summed E-state index contributed by atoms with van der Waals surface area (Å²) in [5.74, 6) is -1.30. The number of rotatable bonds is 8. The second kappa shape index (κ2) is 9.00. The molecule has 1 unspecified atom stereocenters. The van der Waals surface area contributed by atoms with Crippen molar-refractivity contribution in [3.8, 4) is 0 Å². The third-order valence-electron chi connectivity index (χ3n) is 5.15. The minimum atomic E-state index is -3.36. The smallest absolute Gasteiger partial charge is 0.337 e. The molecule has 6 nitrogen and oxygen atoms in total. The largest absolute Gasteiger partial charge is 0.478 e. The molecule has 1 atom stereocenters. The highest BCUT2D eigenvalue weighted by molar-refractivity contribution is 7.89. The molecular formula is C21H25FN2O4S. The van der Waals surface area contributed by atoms with Crippen molar-refractivity contribution in [2.24, 2.45) is 0 Å². The van der Waals surface area contributed by atoms with Gasteiger partial charge in [0.15, 0.2) is 0 Å². The van der Waals surface area contributed by atoms with Crippen LogP contribution in [0.1, 0.15) is 59.5 Å². The van der Waals surface area contributed by atoms with E-state index in [9.17, 15) is 22.7 Å². The monoisotopic (exact) mass is 420 g/mol. The Hall–Kier alpha value is -2.32. The summed E-state index contributed by atoms with van der Waals surface area (Å²) >= 11 is 0. The fraction of sp³-hybridized carbons (Fsp3) is 0.429. The molecular weight excluding hydrogens is 395 g/mol. The summed E-state index contributed by atoms with van der Waals surface area (Å²) in [7, 11) is -3.36. The van der Waals surface area contributed by atoms with Crippen LogP contribution in [0.25, 0.3) is 0 Å². The standard InChI is InChI=1S/C21H25FN2O4S/c1-2-14-29(27,28)24-13-3-4-20(24)19-12-10-17(21(25)26)18(23-19)11-7-15-5-8-16(22)9-6-15/h5-6,8-10,12,20H,2-4,7,11,13-14H2,1H3,(H,25,26). The van der Waals surface area contributed by atoms with Crippen molar-refractivity contribution < 1.29 is 22.7 Å². The first-order valence-electron chi connectivity index (χ1n) is 9.79. The topological polar surface area (TPSA) is 87.6 Å². The van der Waals surface area contributed by atoms with Gasteiger partial charge in [-0.2, -0.15) is 4.31 Å². The number of hydrogen-bond donors (Lipinski definition) is 1. The number of pyridine rings is 1. The van der Waals surface area contributed by atoms with E-state index in [2.05, 4.69) is 4.98 Å². The van der Waals surface area contributed by atoms with E-state index in [1.54, 1.807) is 18.2 Å². The molecule has 3 rings (SSSR count). The third-order valence-corrected chi connectivity index (χ3v) is 7.23. The number of sulfonamides is 1. The van der Waals surface area contributed by atoms with Crippen LogP contribution < -0.4 is 0 Å². The molecule has 0 saturated carbocycles. The summed E-state index contributed by atoms with van der Waals surface area (Å²) in [6.07, 6.45) is 2.84. The Morgan fingerprint density at radius 2 is 1.93 bits per heavy atom. The Labute approximate surface area is 170 Å². The fourth-order valence-corrected chi connectivity index (χ4v) is 5.51. The molecule has 0 radical (unpaired) electrons. The molecule has 1 aromatic heterocycles. The Morgan fingerprint density at radius 1 is 1.21 bits per heavy atom. The molecule has 2 aromatic rings. The van der Waals surface area contributed by atoms with E-state index in [0.29, 0.717) is 43.6 Å². The zero-order valence-electron chi connectivity index (χ0n) is 16.3. The molecule has 1 aliphatic rings. The highest BCUT2D eigenvalue weighted by Gasteiger charge is 2.35. The van der Waals surface area contributed by atoms with Gasteiger partial charge in [0.2, 0.25) is 10.0 Å². The van der Waals surface area contributed by atoms with Crippen LogP contribution >= 0.6 is 0 Å². The molecule has 0 aliphatic carbocycles. The zero-order valence-corrected chi connectivity index (χ0v) is 17.2. The SMILES string of the molecule is CCCS(=O)(=O)N1CCCC1c1ccc(C(=O)O)c(CCc2ccc(F)cc2)n1. The van der Waals surface area contributed by atoms with Gasteiger partial charge in [-0.25, -0.2) is 17.6 Å². The molecule has 156 valence electrons. The molecule has 0 spiro atoms. The van der Waals surface area contributed by atoms with Crippen LogP contribution in [0.5, 0.6) is 0 Å². The Kier molecular flexibility index (Phi) is 6.64. The van der Waals surface area contributed by atoms with Crippen molar-refractivity contribution in [2.45, 2.75) is 45.1 Å². The number of nitrogens with zero attached hydrogens (tertiary/aromatic N) is 2. The number of aryl methyl sites for hydroxylation is 2. The van der Waals surface area contributed by atoms with Gasteiger partial charge >= 0.3 is 5.97 Å². The lowest BCUT2D eigenvalue weighted by Gasteiger charge is -2.24. The second-order valence-electron chi connectivity index (χ2n) is 7.25. The van der Waals surface area contributed by atoms with Crippen molar-refractivity contribution in [3.63, 3.8) is 0 Å². The van der Waals surface area contributed by atoms with Crippen LogP contribution in [0, 0.1) is 5.82 Å². The van der Waals surface area contributed by atoms with Gasteiger partial charge in [0.05, 0.1) is 28.7 Å². The van der Waals surface area contributed by atoms with Gasteiger partial charge < -0.3 is 5.11 Å². The summed E-state index contributed by atoms with van der Waals surface area (Å²) < 4.78 is 39.8. The predicted octanol–water partition coefficient (Wildman–Crippen LogP) is 3.58. The van der Waals surface area contributed by atoms with Gasteiger partial charge in [-0.1, -0.05) is 19.1 Å². The van der Waals surface area contributed by atoms with Crippen molar-refractivity contribution >= 4 is 16.0 Å². The van der Waals surface area contributed by atoms with Crippen LogP contribution in [-0.4, -0.2) is 41.1 Å². The first kappa shape index (κ1) is 21.4. The average molecular weight is 421 g/mol. The summed E-state index contributed by atoms with van der Waals surface area (Å²) in [6.45, 7) is 2.29. The molecule has 8 heteroatoms. The maximum absolute atomic E-state index is 13.1. The van der Waals surface area contributed by atoms with Gasteiger partial charge in [0, 0.05) is 6.54 Å². The molecule has 29 heavy (non-hydrogen) atoms. The molecule has 1 fully saturated rings. The van der Waals surface area contributed by atoms with Crippen molar-refractivity contribution in [1.29, 1.82) is 0 Å². The van der Waals surface area contributed by atoms with E-state index < -0.39 is 16.0 Å². The first-order chi connectivity index (χ1) is 13.8. The van der Waals surface area contributed by atoms with Crippen molar-refractivity contribution in [3.05, 3.63) is 64.7 Å². The van der Waals surface area contributed by atoms with Crippen LogP contribution in [-0.2, 0) is 22.9 Å². The summed E-state index contributed by atoms with van der Waals surface area (Å²) in [6, 6.07) is 8.83. The van der Waals surface area contributed by atoms with E-state index in [1.807, 2.05) is 6.92 Å². The average Bonchev–Trinajstić information content (AvgIpc) is 3.18. The zero-order chi connectivity index (χ0) is 21.0. The lowest BCUT2D eigenvalue weighted by atomic mass is 10.0. The van der Waals surface area contributed by atoms with Gasteiger partial charge in [-0.3, -0.25) is 4.98 Å². The van der Waals surface area contributed by atoms with E-state index >= 15 is 0 Å². The van der Waals surface area contributed by atoms with Crippen molar-refractivity contribution in [2.75, 3.05) is 12.3 Å². The van der Waals surface area contributed by atoms with Crippen LogP contribution in [0.15, 0.2) is 36.4 Å². The van der Waals surface area contributed by atoms with Crippen molar-refractivity contribution in [1.82, 2.24) is 9.29 Å². The molecule has 0 bridgehead atoms. The summed E-state index contributed by atoms with van der Waals surface area (Å²) in [5.41, 5.74) is 1.99. The number of aromatic nitrogens is 1. The minimum absolute atomic E-state index is 0.0914. The Balaban J connectivity index is 1.87. The predicted molar refractivity (Wildman–Crippen MR) is 108 cm³/mol. The number of halogens is 1. The molecule has 0 amide bonds. The lowest BCUT2D eigenvalue weighted by Crippen LogP contribution is -2.33. The quantitative estimate of drug-likeness (QED) is 0.705. The summed E-state index contributed by atoms with van der Waals surface area (Å²) in [5, 5.41) is 9.51. The van der Waals surface area contributed by atoms with Crippen LogP contribution in [0.3, 0.4) is 0 Å². The van der Waals surface area contributed by atoms with E-state index in [4.69, 9.17) is 0 Å². The van der Waals surface area contributed by atoms with Gasteiger partial charge in [-0.15, -0.1) is 0 Å². The molecule has 1 N–H and O–H groups in total. The number of hydrogen-bond acceptors (Lipinski definition) is 4. The van der Waals surface area contributed by atoms with Crippen LogP contribution in [0.4, 0.5) is 4.39 Å². The molecule has 1 aliphatic heterocycles. The van der Waals surface area contributed by atoms with E-state index in [-0.39, 0.29) is 23.2 Å². The number of aromatic carboxylic acids is 1. The maximum Gasteiger partial charge on any atom is 0.337 e. The van der Waals surface area contributed by atoms with Gasteiger partial charge in [0.25, 0.3) is 0 Å². The molecule has 2 heterocycles. The third kappa shape index (κ3) is 5.00. The molecule has 1 saturated heterocycles. The van der Waals surface area contributed by atoms with Gasteiger partial charge in [-0.05, 0) is 61.9 Å². The van der Waals surface area contributed by atoms with E-state index in [0.717, 1.165) is 12.0 Å². The number of carbonyl (C=O) groups is 1. The Bertz CT molecular complexity index is 977. The highest BCUT2D eigenvalue weighted by Crippen LogP contribution is 2.34. The lowest BCUT2D eigenvalue weighted by molar-refractivity contribution is 0.0695. The first-order valence-corrected chi connectivity index (χ1v) is 11.4. The Morgan fingerprint density at radius 3 is 2.59 bits per heavy atom. The van der Waals surface area contributed by atoms with E-state index in [1.165, 1.54) is 22.5 Å². The van der Waals surface area contributed by atoms with Crippen LogP contribution in [0.2, 0.25) is 0 Å². The fourth-order valence-electron chi connectivity index (χ4n) is 3.75. The molecule has 1 aromatic carbocycles. The number of carboxylic acids is 1. The second-order valence-corrected chi connectivity index (χ2v) is 9.29. The number of carboxylic acid groups (broad SMARTS) is 1. The normalized spacial score (nSPS) is 17.5. The van der Waals surface area contributed by atoms with Gasteiger partial charge in [0.1, 0.15) is 5.82 Å². The highest BCUT2D eigenvalue weighted by atomic mass is 32.2.